The van der Waals surface area contributed by atoms with E-state index in [2.05, 4.69) is 43.9 Å². The van der Waals surface area contributed by atoms with Crippen LogP contribution in [0.3, 0.4) is 0 Å². The highest BCUT2D eigenvalue weighted by Gasteiger charge is 2.27. The first-order valence-corrected chi connectivity index (χ1v) is 11.2. The summed E-state index contributed by atoms with van der Waals surface area (Å²) in [5.41, 5.74) is 7.09. The van der Waals surface area contributed by atoms with Gasteiger partial charge in [-0.1, -0.05) is 18.5 Å². The van der Waals surface area contributed by atoms with Crippen molar-refractivity contribution < 1.29 is 4.42 Å². The fourth-order valence-electron chi connectivity index (χ4n) is 4.29. The number of anilines is 1. The molecular formula is C22H30ClN7O. The first-order chi connectivity index (χ1) is 15.0. The van der Waals surface area contributed by atoms with E-state index in [1.165, 1.54) is 0 Å². The van der Waals surface area contributed by atoms with E-state index in [0.717, 1.165) is 61.5 Å². The number of nitrogens with zero attached hydrogens (tertiary/aromatic N) is 6. The molecule has 0 amide bonds. The van der Waals surface area contributed by atoms with Crippen LogP contribution in [-0.4, -0.2) is 51.7 Å². The largest absolute Gasteiger partial charge is 0.424 e. The quantitative estimate of drug-likeness (QED) is 0.696. The molecule has 0 saturated carbocycles. The number of piperidine rings is 1. The third-order valence-electron chi connectivity index (χ3n) is 6.29. The number of rotatable bonds is 7. The van der Waals surface area contributed by atoms with Gasteiger partial charge in [0.25, 0.3) is 0 Å². The summed E-state index contributed by atoms with van der Waals surface area (Å²) < 4.78 is 6.01. The predicted octanol–water partition coefficient (Wildman–Crippen LogP) is 3.30. The van der Waals surface area contributed by atoms with Crippen LogP contribution in [0.25, 0.3) is 0 Å². The van der Waals surface area contributed by atoms with Gasteiger partial charge in [-0.05, 0) is 51.1 Å². The van der Waals surface area contributed by atoms with Gasteiger partial charge in [-0.25, -0.2) is 9.97 Å². The third-order valence-corrected chi connectivity index (χ3v) is 6.76. The zero-order chi connectivity index (χ0) is 21.8. The smallest absolute Gasteiger partial charge is 0.230 e. The van der Waals surface area contributed by atoms with E-state index in [1.54, 1.807) is 12.4 Å². The molecule has 2 atom stereocenters. The molecule has 31 heavy (non-hydrogen) atoms. The molecule has 1 fully saturated rings. The number of hydrogen-bond donors (Lipinski definition) is 1. The summed E-state index contributed by atoms with van der Waals surface area (Å²) in [7, 11) is 2.06. The van der Waals surface area contributed by atoms with E-state index in [-0.39, 0.29) is 17.8 Å². The average Bonchev–Trinajstić information content (AvgIpc) is 3.25. The zero-order valence-corrected chi connectivity index (χ0v) is 18.9. The molecule has 0 spiro atoms. The zero-order valence-electron chi connectivity index (χ0n) is 18.1. The fourth-order valence-corrected chi connectivity index (χ4v) is 4.51. The lowest BCUT2D eigenvalue weighted by Gasteiger charge is -2.30. The molecule has 3 heterocycles. The van der Waals surface area contributed by atoms with Crippen molar-refractivity contribution in [1.29, 1.82) is 0 Å². The average molecular weight is 444 g/mol. The van der Waals surface area contributed by atoms with Crippen LogP contribution in [0, 0.1) is 11.8 Å². The molecule has 2 aliphatic rings. The molecule has 0 radical (unpaired) electrons. The van der Waals surface area contributed by atoms with Gasteiger partial charge < -0.3 is 15.1 Å². The minimum atomic E-state index is 0.252. The summed E-state index contributed by atoms with van der Waals surface area (Å²) in [6, 6.07) is 1.83. The second-order valence-electron chi connectivity index (χ2n) is 8.48. The van der Waals surface area contributed by atoms with Crippen molar-refractivity contribution in [3.8, 4) is 0 Å². The monoisotopic (exact) mass is 443 g/mol. The van der Waals surface area contributed by atoms with Crippen LogP contribution in [0.2, 0.25) is 0 Å². The summed E-state index contributed by atoms with van der Waals surface area (Å²) >= 11 is 6.30. The molecule has 8 nitrogen and oxygen atoms in total. The highest BCUT2D eigenvalue weighted by molar-refractivity contribution is 6.30. The van der Waals surface area contributed by atoms with E-state index in [1.807, 2.05) is 18.2 Å². The van der Waals surface area contributed by atoms with Crippen LogP contribution in [0.15, 0.2) is 45.8 Å². The molecule has 2 aromatic rings. The number of hydrogen-bond acceptors (Lipinski definition) is 8. The molecule has 2 unspecified atom stereocenters. The van der Waals surface area contributed by atoms with Gasteiger partial charge in [-0.3, -0.25) is 4.90 Å². The van der Waals surface area contributed by atoms with E-state index in [4.69, 9.17) is 21.8 Å². The Morgan fingerprint density at radius 2 is 1.94 bits per heavy atom. The first-order valence-electron chi connectivity index (χ1n) is 10.9. The minimum absolute atomic E-state index is 0.252. The van der Waals surface area contributed by atoms with Gasteiger partial charge in [0.1, 0.15) is 0 Å². The Bertz CT molecular complexity index is 921. The molecule has 1 aliphatic carbocycles. The SMILES string of the molecule is CC1C(Cl)=CC=C(N)C1CCN(C)Cc1nnc(C2CCN(c3ncccn3)CC2)o1. The van der Waals surface area contributed by atoms with Gasteiger partial charge >= 0.3 is 0 Å². The lowest BCUT2D eigenvalue weighted by molar-refractivity contribution is 0.254. The van der Waals surface area contributed by atoms with Gasteiger partial charge in [-0.2, -0.15) is 0 Å². The molecule has 0 bridgehead atoms. The summed E-state index contributed by atoms with van der Waals surface area (Å²) in [4.78, 5) is 13.1. The normalized spacial score (nSPS) is 22.5. The third kappa shape index (κ3) is 5.25. The molecule has 166 valence electrons. The Morgan fingerprint density at radius 1 is 1.19 bits per heavy atom. The van der Waals surface area contributed by atoms with Crippen molar-refractivity contribution in [3.63, 3.8) is 0 Å². The molecule has 1 saturated heterocycles. The fraction of sp³-hybridized carbons (Fsp3) is 0.545. The molecule has 2 aromatic heterocycles. The number of nitrogens with two attached hydrogens (primary N) is 1. The molecular weight excluding hydrogens is 414 g/mol. The Labute approximate surface area is 188 Å². The van der Waals surface area contributed by atoms with Gasteiger partial charge in [-0.15, -0.1) is 10.2 Å². The van der Waals surface area contributed by atoms with Crippen molar-refractivity contribution >= 4 is 17.5 Å². The predicted molar refractivity (Wildman–Crippen MR) is 120 cm³/mol. The van der Waals surface area contributed by atoms with Crippen molar-refractivity contribution in [2.24, 2.45) is 17.6 Å². The second kappa shape index (κ2) is 9.78. The maximum Gasteiger partial charge on any atom is 0.230 e. The molecule has 9 heteroatoms. The minimum Gasteiger partial charge on any atom is -0.424 e. The second-order valence-corrected chi connectivity index (χ2v) is 8.92. The van der Waals surface area contributed by atoms with E-state index in [0.29, 0.717) is 12.4 Å². The summed E-state index contributed by atoms with van der Waals surface area (Å²) in [5.74, 6) is 2.98. The van der Waals surface area contributed by atoms with Crippen molar-refractivity contribution in [2.45, 2.75) is 38.6 Å². The molecule has 4 rings (SSSR count). The van der Waals surface area contributed by atoms with Crippen molar-refractivity contribution in [2.75, 3.05) is 31.6 Å². The number of aromatic nitrogens is 4. The van der Waals surface area contributed by atoms with Gasteiger partial charge in [0.2, 0.25) is 17.7 Å². The Balaban J connectivity index is 1.26. The van der Waals surface area contributed by atoms with Crippen LogP contribution in [0.1, 0.15) is 43.9 Å². The highest BCUT2D eigenvalue weighted by atomic mass is 35.5. The Morgan fingerprint density at radius 3 is 2.68 bits per heavy atom. The topological polar surface area (TPSA) is 97.2 Å². The number of allylic oxidation sites excluding steroid dienone is 4. The summed E-state index contributed by atoms with van der Waals surface area (Å²) in [6.45, 7) is 5.40. The van der Waals surface area contributed by atoms with E-state index >= 15 is 0 Å². The van der Waals surface area contributed by atoms with E-state index in [9.17, 15) is 0 Å². The van der Waals surface area contributed by atoms with Crippen molar-refractivity contribution in [1.82, 2.24) is 25.1 Å². The lowest BCUT2D eigenvalue weighted by atomic mass is 9.84. The Kier molecular flexibility index (Phi) is 6.87. The van der Waals surface area contributed by atoms with E-state index < -0.39 is 0 Å². The molecule has 1 aliphatic heterocycles. The van der Waals surface area contributed by atoms with Gasteiger partial charge in [0.05, 0.1) is 6.54 Å². The molecule has 0 aromatic carbocycles. The molecule has 2 N–H and O–H groups in total. The highest BCUT2D eigenvalue weighted by Crippen LogP contribution is 2.33. The van der Waals surface area contributed by atoms with Gasteiger partial charge in [0, 0.05) is 54.0 Å². The Hall–Kier alpha value is -2.45. The first kappa shape index (κ1) is 21.8. The van der Waals surface area contributed by atoms with Crippen LogP contribution < -0.4 is 10.6 Å². The van der Waals surface area contributed by atoms with Crippen molar-refractivity contribution in [3.05, 3.63) is 53.1 Å². The maximum atomic E-state index is 6.30. The van der Waals surface area contributed by atoms with Gasteiger partial charge in [0.15, 0.2) is 0 Å². The standard InChI is InChI=1S/C22H30ClN7O/c1-15-17(19(24)5-4-18(15)23)8-11-29(2)14-20-27-28-21(31-20)16-6-12-30(13-7-16)22-25-9-3-10-26-22/h3-5,9-10,15-17H,6-8,11-14,24H2,1-2H3. The summed E-state index contributed by atoms with van der Waals surface area (Å²) in [6.07, 6.45) is 10.2. The summed E-state index contributed by atoms with van der Waals surface area (Å²) in [5, 5.41) is 9.48. The van der Waals surface area contributed by atoms with Crippen LogP contribution in [0.4, 0.5) is 5.95 Å². The number of halogens is 1. The van der Waals surface area contributed by atoms with Crippen LogP contribution in [0.5, 0.6) is 0 Å². The van der Waals surface area contributed by atoms with Crippen LogP contribution >= 0.6 is 11.6 Å². The van der Waals surface area contributed by atoms with Crippen LogP contribution in [-0.2, 0) is 6.54 Å². The maximum absolute atomic E-state index is 6.30. The lowest BCUT2D eigenvalue weighted by Crippen LogP contribution is -2.34.